The molecule has 0 aliphatic carbocycles. The van der Waals surface area contributed by atoms with Gasteiger partial charge in [0.15, 0.2) is 0 Å². The molecule has 0 aromatic carbocycles. The Balaban J connectivity index is 2.67. The SMILES string of the molecule is COC(=O)C(C)(C)CSc1cc(C#N)ccn1. The lowest BCUT2D eigenvalue weighted by Gasteiger charge is -2.20. The third-order valence-electron chi connectivity index (χ3n) is 2.18. The molecule has 1 aromatic heterocycles. The molecule has 0 fully saturated rings. The average Bonchev–Trinajstić information content (AvgIpc) is 2.35. The molecule has 0 spiro atoms. The lowest BCUT2D eigenvalue weighted by atomic mass is 9.97. The van der Waals surface area contributed by atoms with Crippen LogP contribution in [0.3, 0.4) is 0 Å². The number of methoxy groups -OCH3 is 1. The summed E-state index contributed by atoms with van der Waals surface area (Å²) < 4.78 is 4.72. The molecule has 90 valence electrons. The first-order valence-electron chi connectivity index (χ1n) is 5.07. The second kappa shape index (κ2) is 5.69. The van der Waals surface area contributed by atoms with E-state index in [1.54, 1.807) is 18.3 Å². The van der Waals surface area contributed by atoms with E-state index in [1.807, 2.05) is 13.8 Å². The van der Waals surface area contributed by atoms with Crippen molar-refractivity contribution in [3.05, 3.63) is 23.9 Å². The maximum absolute atomic E-state index is 11.5. The smallest absolute Gasteiger partial charge is 0.312 e. The summed E-state index contributed by atoms with van der Waals surface area (Å²) >= 11 is 1.44. The van der Waals surface area contributed by atoms with E-state index in [0.29, 0.717) is 11.3 Å². The summed E-state index contributed by atoms with van der Waals surface area (Å²) in [6.45, 7) is 3.64. The molecule has 0 atom stereocenters. The Morgan fingerprint density at radius 1 is 1.65 bits per heavy atom. The van der Waals surface area contributed by atoms with E-state index in [0.717, 1.165) is 5.03 Å². The standard InChI is InChI=1S/C12H14N2O2S/c1-12(2,11(15)16-3)8-17-10-6-9(7-13)4-5-14-10/h4-6H,8H2,1-3H3. The van der Waals surface area contributed by atoms with Crippen LogP contribution in [0.15, 0.2) is 23.4 Å². The van der Waals surface area contributed by atoms with E-state index >= 15 is 0 Å². The van der Waals surface area contributed by atoms with E-state index in [2.05, 4.69) is 11.1 Å². The lowest BCUT2D eigenvalue weighted by molar-refractivity contribution is -0.149. The van der Waals surface area contributed by atoms with Gasteiger partial charge in [0.25, 0.3) is 0 Å². The highest BCUT2D eigenvalue weighted by Crippen LogP contribution is 2.27. The van der Waals surface area contributed by atoms with Crippen molar-refractivity contribution >= 4 is 17.7 Å². The summed E-state index contributed by atoms with van der Waals surface area (Å²) in [6, 6.07) is 5.41. The molecular weight excluding hydrogens is 236 g/mol. The third kappa shape index (κ3) is 3.75. The fourth-order valence-electron chi connectivity index (χ4n) is 1.15. The Kier molecular flexibility index (Phi) is 4.53. The number of ether oxygens (including phenoxy) is 1. The highest BCUT2D eigenvalue weighted by atomic mass is 32.2. The van der Waals surface area contributed by atoms with Crippen molar-refractivity contribution in [2.24, 2.45) is 5.41 Å². The number of hydrogen-bond donors (Lipinski definition) is 0. The van der Waals surface area contributed by atoms with Crippen LogP contribution in [0.5, 0.6) is 0 Å². The summed E-state index contributed by atoms with van der Waals surface area (Å²) in [5.74, 6) is 0.308. The highest BCUT2D eigenvalue weighted by Gasteiger charge is 2.28. The van der Waals surface area contributed by atoms with Gasteiger partial charge in [-0.15, -0.1) is 11.8 Å². The van der Waals surface area contributed by atoms with Crippen molar-refractivity contribution in [3.8, 4) is 6.07 Å². The molecule has 4 nitrogen and oxygen atoms in total. The highest BCUT2D eigenvalue weighted by molar-refractivity contribution is 7.99. The molecule has 17 heavy (non-hydrogen) atoms. The minimum atomic E-state index is -0.566. The number of nitriles is 1. The number of aromatic nitrogens is 1. The van der Waals surface area contributed by atoms with E-state index < -0.39 is 5.41 Å². The van der Waals surface area contributed by atoms with E-state index in [-0.39, 0.29) is 5.97 Å². The Morgan fingerprint density at radius 2 is 2.35 bits per heavy atom. The van der Waals surface area contributed by atoms with Gasteiger partial charge in [0.05, 0.1) is 29.2 Å². The fraction of sp³-hybridized carbons (Fsp3) is 0.417. The number of carbonyl (C=O) groups is 1. The summed E-state index contributed by atoms with van der Waals surface area (Å²) in [6.07, 6.45) is 1.59. The minimum absolute atomic E-state index is 0.249. The minimum Gasteiger partial charge on any atom is -0.469 e. The Bertz CT molecular complexity index is 452. The summed E-state index contributed by atoms with van der Waals surface area (Å²) in [4.78, 5) is 15.6. The second-order valence-electron chi connectivity index (χ2n) is 4.16. The van der Waals surface area contributed by atoms with Gasteiger partial charge in [-0.3, -0.25) is 4.79 Å². The van der Waals surface area contributed by atoms with E-state index in [4.69, 9.17) is 10.00 Å². The van der Waals surface area contributed by atoms with Crippen molar-refractivity contribution in [2.75, 3.05) is 12.9 Å². The molecule has 1 heterocycles. The van der Waals surface area contributed by atoms with Crippen molar-refractivity contribution in [1.29, 1.82) is 5.26 Å². The number of hydrogen-bond acceptors (Lipinski definition) is 5. The van der Waals surface area contributed by atoms with Gasteiger partial charge < -0.3 is 4.74 Å². The van der Waals surface area contributed by atoms with Gasteiger partial charge in [-0.2, -0.15) is 5.26 Å². The predicted octanol–water partition coefficient (Wildman–Crippen LogP) is 2.24. The maximum atomic E-state index is 11.5. The first-order chi connectivity index (χ1) is 7.99. The predicted molar refractivity (Wildman–Crippen MR) is 65.5 cm³/mol. The molecule has 0 radical (unpaired) electrons. The number of carbonyl (C=O) groups excluding carboxylic acids is 1. The summed E-state index contributed by atoms with van der Waals surface area (Å²) in [7, 11) is 1.38. The van der Waals surface area contributed by atoms with Crippen molar-refractivity contribution in [3.63, 3.8) is 0 Å². The van der Waals surface area contributed by atoms with Crippen molar-refractivity contribution < 1.29 is 9.53 Å². The number of nitrogens with zero attached hydrogens (tertiary/aromatic N) is 2. The number of esters is 1. The van der Waals surface area contributed by atoms with Crippen molar-refractivity contribution in [2.45, 2.75) is 18.9 Å². The quantitative estimate of drug-likeness (QED) is 0.605. The average molecular weight is 250 g/mol. The monoisotopic (exact) mass is 250 g/mol. The van der Waals surface area contributed by atoms with Gasteiger partial charge >= 0.3 is 5.97 Å². The fourth-order valence-corrected chi connectivity index (χ4v) is 2.12. The van der Waals surface area contributed by atoms with Gasteiger partial charge in [-0.1, -0.05) is 0 Å². The molecular formula is C12H14N2O2S. The van der Waals surface area contributed by atoms with Crippen LogP contribution in [0.1, 0.15) is 19.4 Å². The molecule has 1 aromatic rings. The summed E-state index contributed by atoms with van der Waals surface area (Å²) in [5, 5.41) is 9.49. The largest absolute Gasteiger partial charge is 0.469 e. The van der Waals surface area contributed by atoms with Gasteiger partial charge in [-0.05, 0) is 26.0 Å². The molecule has 0 bridgehead atoms. The molecule has 0 unspecified atom stereocenters. The Morgan fingerprint density at radius 3 is 2.94 bits per heavy atom. The van der Waals surface area contributed by atoms with Gasteiger partial charge in [0.1, 0.15) is 0 Å². The Hall–Kier alpha value is -1.54. The maximum Gasteiger partial charge on any atom is 0.312 e. The third-order valence-corrected chi connectivity index (χ3v) is 3.57. The molecule has 0 saturated carbocycles. The van der Waals surface area contributed by atoms with Gasteiger partial charge in [0.2, 0.25) is 0 Å². The normalized spacial score (nSPS) is 10.7. The molecule has 1 rings (SSSR count). The van der Waals surface area contributed by atoms with Crippen LogP contribution in [0.4, 0.5) is 0 Å². The number of pyridine rings is 1. The zero-order chi connectivity index (χ0) is 12.9. The molecule has 0 amide bonds. The number of rotatable bonds is 4. The molecule has 0 saturated heterocycles. The first-order valence-corrected chi connectivity index (χ1v) is 6.05. The van der Waals surface area contributed by atoms with Gasteiger partial charge in [-0.25, -0.2) is 4.98 Å². The lowest BCUT2D eigenvalue weighted by Crippen LogP contribution is -2.28. The molecule has 5 heteroatoms. The zero-order valence-corrected chi connectivity index (χ0v) is 10.9. The van der Waals surface area contributed by atoms with E-state index in [9.17, 15) is 4.79 Å². The van der Waals surface area contributed by atoms with Crippen LogP contribution >= 0.6 is 11.8 Å². The first kappa shape index (κ1) is 13.5. The summed E-state index contributed by atoms with van der Waals surface area (Å²) in [5.41, 5.74) is 0.00221. The number of thioether (sulfide) groups is 1. The zero-order valence-electron chi connectivity index (χ0n) is 10.1. The Labute approximate surface area is 105 Å². The van der Waals surface area contributed by atoms with Crippen LogP contribution in [-0.4, -0.2) is 23.8 Å². The second-order valence-corrected chi connectivity index (χ2v) is 5.15. The van der Waals surface area contributed by atoms with Crippen LogP contribution in [-0.2, 0) is 9.53 Å². The van der Waals surface area contributed by atoms with Crippen LogP contribution < -0.4 is 0 Å². The topological polar surface area (TPSA) is 63.0 Å². The van der Waals surface area contributed by atoms with Crippen molar-refractivity contribution in [1.82, 2.24) is 4.98 Å². The molecule has 0 aliphatic rings. The van der Waals surface area contributed by atoms with Gasteiger partial charge in [0, 0.05) is 11.9 Å². The van der Waals surface area contributed by atoms with Crippen LogP contribution in [0.25, 0.3) is 0 Å². The molecule has 0 aliphatic heterocycles. The molecule has 0 N–H and O–H groups in total. The van der Waals surface area contributed by atoms with Crippen LogP contribution in [0, 0.1) is 16.7 Å². The van der Waals surface area contributed by atoms with Crippen LogP contribution in [0.2, 0.25) is 0 Å². The van der Waals surface area contributed by atoms with E-state index in [1.165, 1.54) is 18.9 Å².